The number of nitrogens with zero attached hydrogens (tertiary/aromatic N) is 1. The van der Waals surface area contributed by atoms with Gasteiger partial charge in [0.1, 0.15) is 0 Å². The SMILES string of the molecule is Cc1ccc(C2CN(C(C)C(C)C)C2)cc1. The van der Waals surface area contributed by atoms with Crippen molar-refractivity contribution in [2.24, 2.45) is 5.92 Å². The van der Waals surface area contributed by atoms with Gasteiger partial charge in [0.2, 0.25) is 0 Å². The van der Waals surface area contributed by atoms with Gasteiger partial charge in [-0.25, -0.2) is 0 Å². The minimum atomic E-state index is 0.724. The summed E-state index contributed by atoms with van der Waals surface area (Å²) in [7, 11) is 0. The van der Waals surface area contributed by atoms with E-state index in [0.29, 0.717) is 0 Å². The van der Waals surface area contributed by atoms with Crippen LogP contribution in [-0.4, -0.2) is 24.0 Å². The summed E-state index contributed by atoms with van der Waals surface area (Å²) in [5.74, 6) is 1.53. The highest BCUT2D eigenvalue weighted by atomic mass is 15.2. The third kappa shape index (κ3) is 2.30. The van der Waals surface area contributed by atoms with E-state index in [1.165, 1.54) is 24.2 Å². The van der Waals surface area contributed by atoms with E-state index < -0.39 is 0 Å². The average molecular weight is 217 g/mol. The first-order valence-corrected chi connectivity index (χ1v) is 6.38. The second kappa shape index (κ2) is 4.58. The van der Waals surface area contributed by atoms with Crippen LogP contribution in [0.2, 0.25) is 0 Å². The second-order valence-corrected chi connectivity index (χ2v) is 5.55. The minimum Gasteiger partial charge on any atom is -0.299 e. The summed E-state index contributed by atoms with van der Waals surface area (Å²) in [5, 5.41) is 0. The zero-order valence-electron chi connectivity index (χ0n) is 10.9. The molecule has 1 nitrogen and oxygen atoms in total. The molecule has 0 radical (unpaired) electrons. The molecule has 1 heterocycles. The molecule has 1 heteroatoms. The Morgan fingerprint density at radius 2 is 1.62 bits per heavy atom. The van der Waals surface area contributed by atoms with Gasteiger partial charge in [-0.15, -0.1) is 0 Å². The Hall–Kier alpha value is -0.820. The summed E-state index contributed by atoms with van der Waals surface area (Å²) in [6.45, 7) is 11.6. The number of likely N-dealkylation sites (tertiary alicyclic amines) is 1. The Bertz CT molecular complexity index is 333. The van der Waals surface area contributed by atoms with E-state index in [9.17, 15) is 0 Å². The van der Waals surface area contributed by atoms with Crippen LogP contribution in [0.5, 0.6) is 0 Å². The first-order chi connectivity index (χ1) is 7.58. The summed E-state index contributed by atoms with van der Waals surface area (Å²) >= 11 is 0. The zero-order valence-corrected chi connectivity index (χ0v) is 10.9. The number of rotatable bonds is 3. The Kier molecular flexibility index (Phi) is 3.34. The maximum absolute atomic E-state index is 2.59. The maximum Gasteiger partial charge on any atom is 0.00938 e. The topological polar surface area (TPSA) is 3.24 Å². The Labute approximate surface area is 99.5 Å². The largest absolute Gasteiger partial charge is 0.299 e. The van der Waals surface area contributed by atoms with Gasteiger partial charge in [-0.05, 0) is 25.3 Å². The Morgan fingerprint density at radius 3 is 2.12 bits per heavy atom. The Balaban J connectivity index is 1.91. The summed E-state index contributed by atoms with van der Waals surface area (Å²) in [6.07, 6.45) is 0. The molecule has 0 N–H and O–H groups in total. The molecule has 0 amide bonds. The van der Waals surface area contributed by atoms with Gasteiger partial charge in [-0.2, -0.15) is 0 Å². The summed E-state index contributed by atoms with van der Waals surface area (Å²) < 4.78 is 0. The van der Waals surface area contributed by atoms with Crippen molar-refractivity contribution in [2.75, 3.05) is 13.1 Å². The van der Waals surface area contributed by atoms with Crippen LogP contribution in [0.25, 0.3) is 0 Å². The van der Waals surface area contributed by atoms with Crippen molar-refractivity contribution in [2.45, 2.75) is 39.7 Å². The van der Waals surface area contributed by atoms with Crippen molar-refractivity contribution >= 4 is 0 Å². The number of benzene rings is 1. The molecule has 0 spiro atoms. The van der Waals surface area contributed by atoms with Crippen molar-refractivity contribution < 1.29 is 0 Å². The summed E-state index contributed by atoms with van der Waals surface area (Å²) in [5.41, 5.74) is 2.87. The van der Waals surface area contributed by atoms with Gasteiger partial charge >= 0.3 is 0 Å². The lowest BCUT2D eigenvalue weighted by Gasteiger charge is -2.45. The van der Waals surface area contributed by atoms with Crippen LogP contribution >= 0.6 is 0 Å². The van der Waals surface area contributed by atoms with Gasteiger partial charge in [0, 0.05) is 25.0 Å². The fraction of sp³-hybridized carbons (Fsp3) is 0.600. The van der Waals surface area contributed by atoms with Crippen LogP contribution in [-0.2, 0) is 0 Å². The lowest BCUT2D eigenvalue weighted by Crippen LogP contribution is -2.51. The van der Waals surface area contributed by atoms with Gasteiger partial charge in [-0.1, -0.05) is 43.7 Å². The third-order valence-electron chi connectivity index (χ3n) is 4.00. The molecule has 1 atom stereocenters. The number of hydrogen-bond donors (Lipinski definition) is 0. The quantitative estimate of drug-likeness (QED) is 0.749. The van der Waals surface area contributed by atoms with E-state index in [4.69, 9.17) is 0 Å². The molecule has 0 saturated carbocycles. The Morgan fingerprint density at radius 1 is 1.06 bits per heavy atom. The van der Waals surface area contributed by atoms with Crippen LogP contribution in [0.4, 0.5) is 0 Å². The van der Waals surface area contributed by atoms with Crippen LogP contribution in [0.3, 0.4) is 0 Å². The third-order valence-corrected chi connectivity index (χ3v) is 4.00. The predicted octanol–water partition coefficient (Wildman–Crippen LogP) is 3.44. The van der Waals surface area contributed by atoms with Crippen molar-refractivity contribution in [1.82, 2.24) is 4.90 Å². The summed E-state index contributed by atoms with van der Waals surface area (Å²) in [6, 6.07) is 9.75. The maximum atomic E-state index is 2.59. The van der Waals surface area contributed by atoms with Crippen LogP contribution in [0, 0.1) is 12.8 Å². The lowest BCUT2D eigenvalue weighted by atomic mass is 9.88. The predicted molar refractivity (Wildman–Crippen MR) is 69.8 cm³/mol. The van der Waals surface area contributed by atoms with Crippen LogP contribution < -0.4 is 0 Å². The van der Waals surface area contributed by atoms with E-state index >= 15 is 0 Å². The molecule has 1 aromatic rings. The smallest absolute Gasteiger partial charge is 0.00938 e. The molecule has 1 aliphatic heterocycles. The molecule has 1 fully saturated rings. The lowest BCUT2D eigenvalue weighted by molar-refractivity contribution is 0.0756. The van der Waals surface area contributed by atoms with E-state index in [2.05, 4.69) is 56.9 Å². The van der Waals surface area contributed by atoms with Crippen LogP contribution in [0.15, 0.2) is 24.3 Å². The monoisotopic (exact) mass is 217 g/mol. The molecule has 2 rings (SSSR count). The number of aryl methyl sites for hydroxylation is 1. The zero-order chi connectivity index (χ0) is 11.7. The molecule has 1 saturated heterocycles. The first kappa shape index (κ1) is 11.7. The molecule has 88 valence electrons. The molecule has 0 aliphatic carbocycles. The molecular weight excluding hydrogens is 194 g/mol. The molecule has 16 heavy (non-hydrogen) atoms. The van der Waals surface area contributed by atoms with E-state index in [1.807, 2.05) is 0 Å². The van der Waals surface area contributed by atoms with Crippen LogP contribution in [0.1, 0.15) is 37.8 Å². The van der Waals surface area contributed by atoms with Gasteiger partial charge in [0.15, 0.2) is 0 Å². The first-order valence-electron chi connectivity index (χ1n) is 6.38. The second-order valence-electron chi connectivity index (χ2n) is 5.55. The molecule has 0 bridgehead atoms. The fourth-order valence-electron chi connectivity index (χ4n) is 2.32. The highest BCUT2D eigenvalue weighted by Crippen LogP contribution is 2.30. The van der Waals surface area contributed by atoms with Crippen molar-refractivity contribution in [3.63, 3.8) is 0 Å². The number of hydrogen-bond acceptors (Lipinski definition) is 1. The molecule has 1 unspecified atom stereocenters. The molecule has 1 aliphatic rings. The molecule has 0 aromatic heterocycles. The average Bonchev–Trinajstić information content (AvgIpc) is 2.18. The molecular formula is C15H23N. The van der Waals surface area contributed by atoms with Gasteiger partial charge in [0.25, 0.3) is 0 Å². The van der Waals surface area contributed by atoms with Crippen molar-refractivity contribution in [3.8, 4) is 0 Å². The highest BCUT2D eigenvalue weighted by molar-refractivity contribution is 5.26. The van der Waals surface area contributed by atoms with Gasteiger partial charge in [0.05, 0.1) is 0 Å². The van der Waals surface area contributed by atoms with E-state index in [1.54, 1.807) is 0 Å². The van der Waals surface area contributed by atoms with Crippen molar-refractivity contribution in [3.05, 3.63) is 35.4 Å². The summed E-state index contributed by atoms with van der Waals surface area (Å²) in [4.78, 5) is 2.59. The van der Waals surface area contributed by atoms with E-state index in [0.717, 1.165) is 17.9 Å². The fourth-order valence-corrected chi connectivity index (χ4v) is 2.32. The minimum absolute atomic E-state index is 0.724. The van der Waals surface area contributed by atoms with E-state index in [-0.39, 0.29) is 0 Å². The highest BCUT2D eigenvalue weighted by Gasteiger charge is 2.31. The molecule has 1 aromatic carbocycles. The van der Waals surface area contributed by atoms with Gasteiger partial charge < -0.3 is 0 Å². The van der Waals surface area contributed by atoms with Crippen molar-refractivity contribution in [1.29, 1.82) is 0 Å². The van der Waals surface area contributed by atoms with Gasteiger partial charge in [-0.3, -0.25) is 4.90 Å². The standard InChI is InChI=1S/C15H23N/c1-11(2)13(4)16-9-15(10-16)14-7-5-12(3)6-8-14/h5-8,11,13,15H,9-10H2,1-4H3. The normalized spacial score (nSPS) is 19.8.